The second kappa shape index (κ2) is 11.0. The van der Waals surface area contributed by atoms with Gasteiger partial charge in [0.1, 0.15) is 18.3 Å². The van der Waals surface area contributed by atoms with Crippen LogP contribution in [-0.2, 0) is 28.0 Å². The molecular formula is C26H51NO6Si2. The number of carbonyl (C=O) groups is 1. The molecule has 0 unspecified atom stereocenters. The van der Waals surface area contributed by atoms with Crippen molar-refractivity contribution in [3.05, 3.63) is 12.2 Å². The molecule has 0 aromatic carbocycles. The van der Waals surface area contributed by atoms with Crippen molar-refractivity contribution in [2.45, 2.75) is 128 Å². The van der Waals surface area contributed by atoms with Crippen LogP contribution in [0.5, 0.6) is 0 Å². The third kappa shape index (κ3) is 6.48. The monoisotopic (exact) mass is 529 g/mol. The van der Waals surface area contributed by atoms with Crippen molar-refractivity contribution in [3.63, 3.8) is 0 Å². The summed E-state index contributed by atoms with van der Waals surface area (Å²) in [5, 5.41) is 1.21. The number of fused-ring (bicyclic) bond motifs is 1. The quantitative estimate of drug-likeness (QED) is 0.200. The van der Waals surface area contributed by atoms with Crippen LogP contribution in [0.1, 0.15) is 61.8 Å². The summed E-state index contributed by atoms with van der Waals surface area (Å²) in [6.07, 6.45) is -0.897. The number of ether oxygens (including phenoxy) is 2. The fourth-order valence-corrected chi connectivity index (χ4v) is 9.04. The van der Waals surface area contributed by atoms with Crippen molar-refractivity contribution in [1.82, 2.24) is 5.06 Å². The van der Waals surface area contributed by atoms with E-state index in [1.807, 2.05) is 13.8 Å². The first-order chi connectivity index (χ1) is 16.0. The summed E-state index contributed by atoms with van der Waals surface area (Å²) < 4.78 is 26.6. The average molecular weight is 530 g/mol. The number of hydroxylamine groups is 2. The molecule has 5 atom stereocenters. The van der Waals surface area contributed by atoms with Crippen molar-refractivity contribution in [2.24, 2.45) is 5.92 Å². The van der Waals surface area contributed by atoms with Crippen LogP contribution in [0.3, 0.4) is 0 Å². The molecule has 2 fully saturated rings. The molecule has 9 heteroatoms. The first-order valence-electron chi connectivity index (χ1n) is 13.2. The lowest BCUT2D eigenvalue weighted by molar-refractivity contribution is -0.180. The highest BCUT2D eigenvalue weighted by Crippen LogP contribution is 2.47. The highest BCUT2D eigenvalue weighted by molar-refractivity contribution is 6.74. The molecule has 0 aromatic heterocycles. The fraction of sp³-hybridized carbons (Fsp3) is 0.885. The minimum atomic E-state index is -2.30. The first-order valence-corrected chi connectivity index (χ1v) is 18.6. The minimum absolute atomic E-state index is 0.0602. The molecule has 1 amide bonds. The van der Waals surface area contributed by atoms with E-state index in [-0.39, 0.29) is 35.2 Å². The summed E-state index contributed by atoms with van der Waals surface area (Å²) >= 11 is 0. The van der Waals surface area contributed by atoms with Crippen LogP contribution < -0.4 is 0 Å². The van der Waals surface area contributed by atoms with E-state index in [9.17, 15) is 4.79 Å². The number of carbonyl (C=O) groups excluding carboxylic acids is 1. The predicted molar refractivity (Wildman–Crippen MR) is 145 cm³/mol. The van der Waals surface area contributed by atoms with E-state index in [0.29, 0.717) is 6.42 Å². The molecule has 0 N–H and O–H groups in total. The molecule has 7 nitrogen and oxygen atoms in total. The zero-order chi connectivity index (χ0) is 27.0. The van der Waals surface area contributed by atoms with Crippen molar-refractivity contribution < 1.29 is 28.0 Å². The molecule has 1 aliphatic heterocycles. The van der Waals surface area contributed by atoms with Gasteiger partial charge in [0.05, 0.1) is 13.2 Å². The van der Waals surface area contributed by atoms with E-state index in [1.165, 1.54) is 12.2 Å². The number of nitrogens with zero attached hydrogens (tertiary/aromatic N) is 1. The van der Waals surface area contributed by atoms with E-state index in [4.69, 9.17) is 23.2 Å². The molecule has 0 aromatic rings. The molecular weight excluding hydrogens is 478 g/mol. The Bertz CT molecular complexity index is 753. The Balaban J connectivity index is 2.53. The molecule has 2 rings (SSSR count). The Morgan fingerprint density at radius 2 is 1.71 bits per heavy atom. The molecule has 1 saturated heterocycles. The third-order valence-electron chi connectivity index (χ3n) is 8.58. The summed E-state index contributed by atoms with van der Waals surface area (Å²) in [6.45, 7) is 25.9. The van der Waals surface area contributed by atoms with Crippen molar-refractivity contribution in [1.29, 1.82) is 0 Å². The lowest BCUT2D eigenvalue weighted by Gasteiger charge is -2.47. The highest BCUT2D eigenvalue weighted by Gasteiger charge is 2.56. The third-order valence-corrected chi connectivity index (χ3v) is 17.7. The maximum absolute atomic E-state index is 13.7. The van der Waals surface area contributed by atoms with Gasteiger partial charge < -0.3 is 18.3 Å². The predicted octanol–water partition coefficient (Wildman–Crippen LogP) is 5.88. The Morgan fingerprint density at radius 1 is 1.17 bits per heavy atom. The summed E-state index contributed by atoms with van der Waals surface area (Å²) in [7, 11) is -1.12. The Hall–Kier alpha value is -0.556. The number of likely N-dealkylation sites (N-methyl/N-ethyl adjacent to an activating group) is 1. The van der Waals surface area contributed by atoms with Gasteiger partial charge in [0, 0.05) is 13.0 Å². The van der Waals surface area contributed by atoms with Gasteiger partial charge in [-0.2, -0.15) is 0 Å². The smallest absolute Gasteiger partial charge is 0.274 e. The lowest BCUT2D eigenvalue weighted by Crippen LogP contribution is -2.57. The number of hydrogen-bond donors (Lipinski definition) is 0. The number of hydrogen-bond acceptors (Lipinski definition) is 6. The molecule has 0 radical (unpaired) electrons. The van der Waals surface area contributed by atoms with Crippen LogP contribution in [0.25, 0.3) is 0 Å². The molecule has 0 bridgehead atoms. The van der Waals surface area contributed by atoms with E-state index in [1.54, 1.807) is 7.05 Å². The molecule has 1 heterocycles. The summed E-state index contributed by atoms with van der Waals surface area (Å²) in [4.78, 5) is 19.0. The van der Waals surface area contributed by atoms with Crippen LogP contribution in [0, 0.1) is 5.92 Å². The summed E-state index contributed by atoms with van der Waals surface area (Å²) in [5.74, 6) is -1.22. The topological polar surface area (TPSA) is 66.5 Å². The van der Waals surface area contributed by atoms with E-state index < -0.39 is 28.5 Å². The van der Waals surface area contributed by atoms with Gasteiger partial charge in [-0.15, -0.1) is 0 Å². The standard InChI is InChI=1S/C26H51NO6Si2/c1-14-35(15-2,16-3)32-20-17-19(18(4)21-23(20)31-26(8,9)30-21)22(24(28)27(10)29-11)33-34(12,13)25(5,6)7/h19-23H,4,14-17H2,1-3,5-13H3/t19-,20-,21+,22-,23-/m0/s1. The van der Waals surface area contributed by atoms with Crippen molar-refractivity contribution in [3.8, 4) is 0 Å². The SMILES string of the molecule is C=C1[C@H]2OC(C)(C)O[C@H]2[C@@H](O[Si](CC)(CC)CC)C[C@@H]1[C@H](O[Si](C)(C)C(C)(C)C)C(=O)N(C)OC. The second-order valence-electron chi connectivity index (χ2n) is 12.2. The van der Waals surface area contributed by atoms with Gasteiger partial charge in [-0.3, -0.25) is 9.63 Å². The van der Waals surface area contributed by atoms with Crippen LogP contribution in [0.4, 0.5) is 0 Å². The van der Waals surface area contributed by atoms with Crippen LogP contribution in [0.2, 0.25) is 36.3 Å². The van der Waals surface area contributed by atoms with Gasteiger partial charge >= 0.3 is 0 Å². The normalized spacial score (nSPS) is 28.1. The highest BCUT2D eigenvalue weighted by atomic mass is 28.4. The maximum atomic E-state index is 13.7. The molecule has 2 aliphatic rings. The largest absolute Gasteiger partial charge is 0.411 e. The summed E-state index contributed by atoms with van der Waals surface area (Å²) in [5.41, 5.74) is 0.846. The maximum Gasteiger partial charge on any atom is 0.274 e. The zero-order valence-electron chi connectivity index (χ0n) is 24.3. The zero-order valence-corrected chi connectivity index (χ0v) is 26.3. The van der Waals surface area contributed by atoms with Gasteiger partial charge in [-0.05, 0) is 62.1 Å². The second-order valence-corrected chi connectivity index (χ2v) is 21.6. The van der Waals surface area contributed by atoms with Gasteiger partial charge in [-0.1, -0.05) is 48.1 Å². The average Bonchev–Trinajstić information content (AvgIpc) is 3.12. The fourth-order valence-electron chi connectivity index (χ4n) is 4.92. The minimum Gasteiger partial charge on any atom is -0.411 e. The van der Waals surface area contributed by atoms with Gasteiger partial charge in [0.15, 0.2) is 22.4 Å². The number of rotatable bonds is 10. The van der Waals surface area contributed by atoms with Crippen LogP contribution >= 0.6 is 0 Å². The van der Waals surface area contributed by atoms with Crippen LogP contribution in [0.15, 0.2) is 12.2 Å². The van der Waals surface area contributed by atoms with E-state index >= 15 is 0 Å². The van der Waals surface area contributed by atoms with Gasteiger partial charge in [-0.25, -0.2) is 5.06 Å². The Morgan fingerprint density at radius 3 is 2.17 bits per heavy atom. The first kappa shape index (κ1) is 30.7. The van der Waals surface area contributed by atoms with Crippen molar-refractivity contribution >= 4 is 22.5 Å². The number of amides is 1. The van der Waals surface area contributed by atoms with Crippen LogP contribution in [-0.4, -0.2) is 72.0 Å². The van der Waals surface area contributed by atoms with E-state index in [2.05, 4.69) is 61.2 Å². The molecule has 1 saturated carbocycles. The Kier molecular flexibility index (Phi) is 9.68. The van der Waals surface area contributed by atoms with Gasteiger partial charge in [0.25, 0.3) is 5.91 Å². The molecule has 1 aliphatic carbocycles. The lowest BCUT2D eigenvalue weighted by atomic mass is 9.76. The van der Waals surface area contributed by atoms with Gasteiger partial charge in [0.2, 0.25) is 0 Å². The van der Waals surface area contributed by atoms with Crippen molar-refractivity contribution in [2.75, 3.05) is 14.2 Å². The Labute approximate surface area is 216 Å². The molecule has 0 spiro atoms. The molecule has 35 heavy (non-hydrogen) atoms. The molecule has 204 valence electrons. The summed E-state index contributed by atoms with van der Waals surface area (Å²) in [6, 6.07) is 3.12. The van der Waals surface area contributed by atoms with E-state index in [0.717, 1.165) is 23.7 Å².